The molecule has 140 valence electrons. The van der Waals surface area contributed by atoms with E-state index in [-0.39, 0.29) is 19.1 Å². The van der Waals surface area contributed by atoms with Gasteiger partial charge in [0.15, 0.2) is 6.61 Å². The largest absolute Gasteiger partial charge is 0.482 e. The Hall–Kier alpha value is -3.35. The van der Waals surface area contributed by atoms with Gasteiger partial charge in [0, 0.05) is 24.2 Å². The maximum Gasteiger partial charge on any atom is 0.344 e. The van der Waals surface area contributed by atoms with Gasteiger partial charge in [-0.2, -0.15) is 0 Å². The minimum Gasteiger partial charge on any atom is -0.482 e. The Bertz CT molecular complexity index is 830. The molecule has 7 nitrogen and oxygen atoms in total. The number of hydrogen-bond donors (Lipinski definition) is 1. The molecule has 0 spiro atoms. The predicted octanol–water partition coefficient (Wildman–Crippen LogP) is 2.03. The minimum atomic E-state index is -0.507. The lowest BCUT2D eigenvalue weighted by Crippen LogP contribution is -2.23. The van der Waals surface area contributed by atoms with Gasteiger partial charge < -0.3 is 20.1 Å². The summed E-state index contributed by atoms with van der Waals surface area (Å²) in [4.78, 5) is 36.3. The van der Waals surface area contributed by atoms with Gasteiger partial charge in [-0.3, -0.25) is 9.59 Å². The van der Waals surface area contributed by atoms with Gasteiger partial charge in [0.2, 0.25) is 11.8 Å². The monoisotopic (exact) mass is 368 g/mol. The van der Waals surface area contributed by atoms with Crippen LogP contribution in [0, 0.1) is 0 Å². The average molecular weight is 368 g/mol. The lowest BCUT2D eigenvalue weighted by Gasteiger charge is -2.16. The highest BCUT2D eigenvalue weighted by atomic mass is 16.6. The summed E-state index contributed by atoms with van der Waals surface area (Å²) in [5.41, 5.74) is 7.14. The van der Waals surface area contributed by atoms with E-state index in [2.05, 4.69) is 0 Å². The zero-order valence-electron chi connectivity index (χ0n) is 14.7. The Kier molecular flexibility index (Phi) is 5.71. The van der Waals surface area contributed by atoms with Crippen LogP contribution in [-0.4, -0.2) is 30.9 Å². The molecule has 1 heterocycles. The smallest absolute Gasteiger partial charge is 0.344 e. The molecule has 1 saturated heterocycles. The van der Waals surface area contributed by atoms with Crippen molar-refractivity contribution in [2.24, 2.45) is 5.73 Å². The summed E-state index contributed by atoms with van der Waals surface area (Å²) >= 11 is 0. The second-order valence-corrected chi connectivity index (χ2v) is 6.15. The third-order valence-electron chi connectivity index (χ3n) is 4.22. The Balaban J connectivity index is 1.44. The van der Waals surface area contributed by atoms with Crippen molar-refractivity contribution >= 4 is 23.5 Å². The summed E-state index contributed by atoms with van der Waals surface area (Å²) in [6, 6.07) is 13.5. The van der Waals surface area contributed by atoms with Crippen LogP contribution in [-0.2, 0) is 20.9 Å². The van der Waals surface area contributed by atoms with E-state index in [9.17, 15) is 14.4 Å². The summed E-state index contributed by atoms with van der Waals surface area (Å²) in [6.45, 7) is 0.588. The van der Waals surface area contributed by atoms with Crippen LogP contribution in [0.4, 0.5) is 5.69 Å². The standard InChI is InChI=1S/C20H20N2O5/c21-20(25)15-5-3-14(4-6-15)12-27-19(24)13-26-17-9-7-16(8-10-17)22-11-1-2-18(22)23/h3-10H,1-2,11-13H2,(H2,21,25). The van der Waals surface area contributed by atoms with E-state index in [1.807, 2.05) is 0 Å². The van der Waals surface area contributed by atoms with Crippen molar-refractivity contribution in [1.82, 2.24) is 0 Å². The SMILES string of the molecule is NC(=O)c1ccc(COC(=O)COc2ccc(N3CCCC3=O)cc2)cc1. The van der Waals surface area contributed by atoms with Crippen LogP contribution in [0.1, 0.15) is 28.8 Å². The molecule has 2 aromatic carbocycles. The number of ether oxygens (including phenoxy) is 2. The van der Waals surface area contributed by atoms with Gasteiger partial charge >= 0.3 is 5.97 Å². The molecule has 2 amide bonds. The number of nitrogens with two attached hydrogens (primary N) is 1. The van der Waals surface area contributed by atoms with E-state index >= 15 is 0 Å². The average Bonchev–Trinajstić information content (AvgIpc) is 3.11. The topological polar surface area (TPSA) is 98.9 Å². The van der Waals surface area contributed by atoms with Gasteiger partial charge in [0.05, 0.1) is 0 Å². The van der Waals surface area contributed by atoms with Crippen LogP contribution in [0.3, 0.4) is 0 Å². The first-order valence-corrected chi connectivity index (χ1v) is 8.60. The van der Waals surface area contributed by atoms with Crippen molar-refractivity contribution in [3.63, 3.8) is 0 Å². The summed E-state index contributed by atoms with van der Waals surface area (Å²) in [7, 11) is 0. The number of amides is 2. The minimum absolute atomic E-state index is 0.0806. The number of carbonyl (C=O) groups is 3. The number of hydrogen-bond acceptors (Lipinski definition) is 5. The zero-order valence-corrected chi connectivity index (χ0v) is 14.7. The van der Waals surface area contributed by atoms with Crippen LogP contribution >= 0.6 is 0 Å². The Morgan fingerprint density at radius 1 is 1.04 bits per heavy atom. The first-order valence-electron chi connectivity index (χ1n) is 8.60. The molecule has 0 atom stereocenters. The predicted molar refractivity (Wildman–Crippen MR) is 98.3 cm³/mol. The fraction of sp³-hybridized carbons (Fsp3) is 0.250. The first kappa shape index (κ1) is 18.4. The van der Waals surface area contributed by atoms with Crippen LogP contribution in [0.25, 0.3) is 0 Å². The van der Waals surface area contributed by atoms with Gasteiger partial charge in [-0.25, -0.2) is 4.79 Å². The van der Waals surface area contributed by atoms with E-state index < -0.39 is 11.9 Å². The maximum absolute atomic E-state index is 11.8. The summed E-state index contributed by atoms with van der Waals surface area (Å²) in [6.07, 6.45) is 1.45. The number of anilines is 1. The molecule has 0 unspecified atom stereocenters. The van der Waals surface area contributed by atoms with Crippen molar-refractivity contribution in [2.45, 2.75) is 19.4 Å². The number of primary amides is 1. The molecule has 3 rings (SSSR count). The summed E-state index contributed by atoms with van der Waals surface area (Å²) < 4.78 is 10.5. The molecule has 0 aliphatic carbocycles. The van der Waals surface area contributed by atoms with Crippen LogP contribution in [0.2, 0.25) is 0 Å². The lowest BCUT2D eigenvalue weighted by atomic mass is 10.1. The van der Waals surface area contributed by atoms with Gasteiger partial charge in [-0.15, -0.1) is 0 Å². The number of esters is 1. The van der Waals surface area contributed by atoms with E-state index in [0.29, 0.717) is 17.7 Å². The second kappa shape index (κ2) is 8.35. The molecule has 1 aliphatic rings. The molecule has 27 heavy (non-hydrogen) atoms. The Labute approximate surface area is 156 Å². The quantitative estimate of drug-likeness (QED) is 0.754. The van der Waals surface area contributed by atoms with Crippen LogP contribution < -0.4 is 15.4 Å². The number of carbonyl (C=O) groups excluding carboxylic acids is 3. The highest BCUT2D eigenvalue weighted by Gasteiger charge is 2.21. The third-order valence-corrected chi connectivity index (χ3v) is 4.22. The van der Waals surface area contributed by atoms with Crippen molar-refractivity contribution in [2.75, 3.05) is 18.1 Å². The van der Waals surface area contributed by atoms with Gasteiger partial charge in [0.1, 0.15) is 12.4 Å². The van der Waals surface area contributed by atoms with Crippen molar-refractivity contribution in [3.8, 4) is 5.75 Å². The van der Waals surface area contributed by atoms with Crippen molar-refractivity contribution < 1.29 is 23.9 Å². The highest BCUT2D eigenvalue weighted by molar-refractivity contribution is 5.95. The summed E-state index contributed by atoms with van der Waals surface area (Å²) in [5, 5.41) is 0. The molecule has 0 saturated carbocycles. The molecule has 2 aromatic rings. The van der Waals surface area contributed by atoms with E-state index in [4.69, 9.17) is 15.2 Å². The molecule has 1 aliphatic heterocycles. The molecular weight excluding hydrogens is 348 g/mol. The normalized spacial score (nSPS) is 13.5. The molecule has 1 fully saturated rings. The molecule has 2 N–H and O–H groups in total. The number of benzene rings is 2. The highest BCUT2D eigenvalue weighted by Crippen LogP contribution is 2.23. The molecule has 0 aromatic heterocycles. The molecular formula is C20H20N2O5. The van der Waals surface area contributed by atoms with Gasteiger partial charge in [-0.05, 0) is 48.4 Å². The van der Waals surface area contributed by atoms with Gasteiger partial charge in [-0.1, -0.05) is 12.1 Å². The maximum atomic E-state index is 11.8. The van der Waals surface area contributed by atoms with E-state index in [0.717, 1.165) is 24.2 Å². The van der Waals surface area contributed by atoms with Crippen LogP contribution in [0.5, 0.6) is 5.75 Å². The van der Waals surface area contributed by atoms with Gasteiger partial charge in [0.25, 0.3) is 0 Å². The summed E-state index contributed by atoms with van der Waals surface area (Å²) in [5.74, 6) is -0.371. The second-order valence-electron chi connectivity index (χ2n) is 6.15. The first-order chi connectivity index (χ1) is 13.0. The van der Waals surface area contributed by atoms with E-state index in [1.165, 1.54) is 0 Å². The Morgan fingerprint density at radius 2 is 1.74 bits per heavy atom. The number of rotatable bonds is 7. The third kappa shape index (κ3) is 4.84. The van der Waals surface area contributed by atoms with Crippen molar-refractivity contribution in [3.05, 3.63) is 59.7 Å². The Morgan fingerprint density at radius 3 is 2.33 bits per heavy atom. The van der Waals surface area contributed by atoms with E-state index in [1.54, 1.807) is 53.4 Å². The fourth-order valence-corrected chi connectivity index (χ4v) is 2.76. The molecule has 0 bridgehead atoms. The number of nitrogens with zero attached hydrogens (tertiary/aromatic N) is 1. The molecule has 0 radical (unpaired) electrons. The lowest BCUT2D eigenvalue weighted by molar-refractivity contribution is -0.147. The molecule has 7 heteroatoms. The zero-order chi connectivity index (χ0) is 19.2. The van der Waals surface area contributed by atoms with Crippen molar-refractivity contribution in [1.29, 1.82) is 0 Å². The fourth-order valence-electron chi connectivity index (χ4n) is 2.76. The van der Waals surface area contributed by atoms with Crippen LogP contribution in [0.15, 0.2) is 48.5 Å².